The molecule has 1 aromatic carbocycles. The molecular formula is C15H25NO. The molecule has 0 radical (unpaired) electrons. The fraction of sp³-hybridized carbons (Fsp3) is 0.600. The summed E-state index contributed by atoms with van der Waals surface area (Å²) >= 11 is 0. The predicted molar refractivity (Wildman–Crippen MR) is 74.4 cm³/mol. The summed E-state index contributed by atoms with van der Waals surface area (Å²) in [5, 5.41) is 13.0. The van der Waals surface area contributed by atoms with Crippen LogP contribution in [0.4, 0.5) is 5.69 Å². The van der Waals surface area contributed by atoms with Gasteiger partial charge in [0, 0.05) is 5.69 Å². The first-order valence-electron chi connectivity index (χ1n) is 6.41. The summed E-state index contributed by atoms with van der Waals surface area (Å²) in [5.41, 5.74) is 2.11. The lowest BCUT2D eigenvalue weighted by Gasteiger charge is -2.30. The van der Waals surface area contributed by atoms with Gasteiger partial charge in [-0.2, -0.15) is 0 Å². The minimum Gasteiger partial charge on any atom is -0.394 e. The maximum Gasteiger partial charge on any atom is 0.0658 e. The molecule has 2 N–H and O–H groups in total. The molecule has 0 aliphatic heterocycles. The summed E-state index contributed by atoms with van der Waals surface area (Å²) < 4.78 is 0. The summed E-state index contributed by atoms with van der Waals surface area (Å²) in [6.07, 6.45) is 2.10. The van der Waals surface area contributed by atoms with Crippen LogP contribution in [0, 0.1) is 12.8 Å². The minimum absolute atomic E-state index is 0.160. The Morgan fingerprint density at radius 3 is 2.29 bits per heavy atom. The zero-order chi connectivity index (χ0) is 12.9. The van der Waals surface area contributed by atoms with Crippen molar-refractivity contribution < 1.29 is 5.11 Å². The van der Waals surface area contributed by atoms with Crippen LogP contribution in [0.3, 0.4) is 0 Å². The fourth-order valence-corrected chi connectivity index (χ4v) is 1.77. The highest BCUT2D eigenvalue weighted by atomic mass is 16.3. The Balaban J connectivity index is 2.64. The number of benzene rings is 1. The number of hydrogen-bond acceptors (Lipinski definition) is 2. The Bertz CT molecular complexity index is 331. The molecule has 0 heterocycles. The van der Waals surface area contributed by atoms with E-state index in [0.29, 0.717) is 5.92 Å². The summed E-state index contributed by atoms with van der Waals surface area (Å²) in [7, 11) is 0. The molecule has 0 spiro atoms. The van der Waals surface area contributed by atoms with E-state index in [4.69, 9.17) is 0 Å². The van der Waals surface area contributed by atoms with E-state index in [0.717, 1.165) is 18.5 Å². The van der Waals surface area contributed by atoms with Gasteiger partial charge < -0.3 is 10.4 Å². The van der Waals surface area contributed by atoms with Crippen LogP contribution in [0.5, 0.6) is 0 Å². The second-order valence-corrected chi connectivity index (χ2v) is 5.64. The van der Waals surface area contributed by atoms with E-state index >= 15 is 0 Å². The predicted octanol–water partition coefficient (Wildman–Crippen LogP) is 3.59. The molecule has 2 heteroatoms. The van der Waals surface area contributed by atoms with Crippen molar-refractivity contribution in [3.63, 3.8) is 0 Å². The fourth-order valence-electron chi connectivity index (χ4n) is 1.77. The van der Waals surface area contributed by atoms with Gasteiger partial charge in [-0.25, -0.2) is 0 Å². The van der Waals surface area contributed by atoms with Crippen LogP contribution in [0.25, 0.3) is 0 Å². The number of aliphatic hydroxyl groups excluding tert-OH is 1. The second kappa shape index (κ2) is 6.06. The normalized spacial score (nSPS) is 14.7. The van der Waals surface area contributed by atoms with Crippen molar-refractivity contribution in [2.45, 2.75) is 46.1 Å². The summed E-state index contributed by atoms with van der Waals surface area (Å²) in [6, 6.07) is 8.31. The first-order valence-corrected chi connectivity index (χ1v) is 6.41. The smallest absolute Gasteiger partial charge is 0.0658 e. The maximum atomic E-state index is 9.55. The zero-order valence-electron chi connectivity index (χ0n) is 11.5. The molecule has 96 valence electrons. The lowest BCUT2D eigenvalue weighted by atomic mass is 9.92. The van der Waals surface area contributed by atoms with Gasteiger partial charge in [0.25, 0.3) is 0 Å². The van der Waals surface area contributed by atoms with Gasteiger partial charge >= 0.3 is 0 Å². The van der Waals surface area contributed by atoms with Gasteiger partial charge in [0.1, 0.15) is 0 Å². The molecular weight excluding hydrogens is 210 g/mol. The van der Waals surface area contributed by atoms with Crippen LogP contribution < -0.4 is 5.32 Å². The minimum atomic E-state index is -0.223. The quantitative estimate of drug-likeness (QED) is 0.789. The molecule has 1 aromatic rings. The Morgan fingerprint density at radius 1 is 1.24 bits per heavy atom. The van der Waals surface area contributed by atoms with Crippen molar-refractivity contribution in [1.29, 1.82) is 0 Å². The Morgan fingerprint density at radius 2 is 1.82 bits per heavy atom. The van der Waals surface area contributed by atoms with Crippen LogP contribution >= 0.6 is 0 Å². The van der Waals surface area contributed by atoms with Crippen molar-refractivity contribution in [1.82, 2.24) is 0 Å². The van der Waals surface area contributed by atoms with E-state index < -0.39 is 0 Å². The molecule has 0 aliphatic rings. The van der Waals surface area contributed by atoms with Gasteiger partial charge in [-0.1, -0.05) is 31.5 Å². The van der Waals surface area contributed by atoms with E-state index in [1.54, 1.807) is 0 Å². The molecule has 1 unspecified atom stereocenters. The average molecular weight is 235 g/mol. The third-order valence-corrected chi connectivity index (χ3v) is 3.12. The van der Waals surface area contributed by atoms with E-state index in [2.05, 4.69) is 57.3 Å². The Hall–Kier alpha value is -1.02. The molecule has 17 heavy (non-hydrogen) atoms. The van der Waals surface area contributed by atoms with E-state index in [-0.39, 0.29) is 12.1 Å². The number of anilines is 1. The monoisotopic (exact) mass is 235 g/mol. The first kappa shape index (κ1) is 14.0. The molecule has 0 bridgehead atoms. The summed E-state index contributed by atoms with van der Waals surface area (Å²) in [5.74, 6) is 0.667. The third-order valence-electron chi connectivity index (χ3n) is 3.12. The van der Waals surface area contributed by atoms with E-state index in [1.165, 1.54) is 5.56 Å². The molecule has 0 fully saturated rings. The lowest BCUT2D eigenvalue weighted by Crippen LogP contribution is -2.39. The Labute approximate surface area is 105 Å². The first-order chi connectivity index (χ1) is 7.95. The number of aryl methyl sites for hydroxylation is 1. The number of rotatable bonds is 6. The van der Waals surface area contributed by atoms with Gasteiger partial charge in [-0.15, -0.1) is 0 Å². The molecule has 2 nitrogen and oxygen atoms in total. The molecule has 0 saturated carbocycles. The van der Waals surface area contributed by atoms with Gasteiger partial charge in [0.15, 0.2) is 0 Å². The van der Waals surface area contributed by atoms with E-state index in [1.807, 2.05) is 0 Å². The second-order valence-electron chi connectivity index (χ2n) is 5.64. The zero-order valence-corrected chi connectivity index (χ0v) is 11.5. The van der Waals surface area contributed by atoms with Gasteiger partial charge in [0.05, 0.1) is 12.1 Å². The van der Waals surface area contributed by atoms with Crippen LogP contribution in [-0.4, -0.2) is 17.3 Å². The number of aliphatic hydroxyl groups is 1. The summed E-state index contributed by atoms with van der Waals surface area (Å²) in [6.45, 7) is 8.74. The van der Waals surface area contributed by atoms with Crippen LogP contribution in [0.2, 0.25) is 0 Å². The topological polar surface area (TPSA) is 32.3 Å². The molecule has 1 rings (SSSR count). The van der Waals surface area contributed by atoms with Crippen LogP contribution in [0.1, 0.15) is 39.2 Å². The van der Waals surface area contributed by atoms with Gasteiger partial charge in [-0.3, -0.25) is 0 Å². The van der Waals surface area contributed by atoms with Crippen LogP contribution in [0.15, 0.2) is 24.3 Å². The van der Waals surface area contributed by atoms with Crippen molar-refractivity contribution in [3.05, 3.63) is 29.8 Å². The highest BCUT2D eigenvalue weighted by Gasteiger charge is 2.22. The van der Waals surface area contributed by atoms with Crippen molar-refractivity contribution >= 4 is 5.69 Å². The Kier molecular flexibility index (Phi) is 5.01. The maximum absolute atomic E-state index is 9.55. The molecule has 0 aromatic heterocycles. The summed E-state index contributed by atoms with van der Waals surface area (Å²) in [4.78, 5) is 0. The average Bonchev–Trinajstić information content (AvgIpc) is 2.30. The van der Waals surface area contributed by atoms with Crippen molar-refractivity contribution in [3.8, 4) is 0 Å². The third kappa shape index (κ3) is 4.78. The van der Waals surface area contributed by atoms with Crippen molar-refractivity contribution in [2.24, 2.45) is 5.92 Å². The molecule has 0 saturated heterocycles. The largest absolute Gasteiger partial charge is 0.394 e. The molecule has 0 aliphatic carbocycles. The molecule has 0 amide bonds. The standard InChI is InChI=1S/C15H25NO/c1-12(2)9-10-15(4,11-17)16-14-7-5-13(3)6-8-14/h5-8,12,16-17H,9-11H2,1-4H3. The highest BCUT2D eigenvalue weighted by molar-refractivity contribution is 5.46. The van der Waals surface area contributed by atoms with Gasteiger partial charge in [0.2, 0.25) is 0 Å². The van der Waals surface area contributed by atoms with Crippen molar-refractivity contribution in [2.75, 3.05) is 11.9 Å². The van der Waals surface area contributed by atoms with Gasteiger partial charge in [-0.05, 0) is 44.7 Å². The SMILES string of the molecule is Cc1ccc(NC(C)(CO)CCC(C)C)cc1. The highest BCUT2D eigenvalue weighted by Crippen LogP contribution is 2.22. The lowest BCUT2D eigenvalue weighted by molar-refractivity contribution is 0.208. The van der Waals surface area contributed by atoms with Crippen LogP contribution in [-0.2, 0) is 0 Å². The number of nitrogens with one attached hydrogen (secondary N) is 1. The number of hydrogen-bond donors (Lipinski definition) is 2. The van der Waals surface area contributed by atoms with E-state index in [9.17, 15) is 5.11 Å². The molecule has 1 atom stereocenters.